The largest absolute Gasteiger partial charge is 0.381 e. The maximum atomic E-state index is 5.49. The van der Waals surface area contributed by atoms with Crippen molar-refractivity contribution < 1.29 is 4.74 Å². The van der Waals surface area contributed by atoms with Crippen LogP contribution in [-0.2, 0) is 4.74 Å². The van der Waals surface area contributed by atoms with E-state index in [9.17, 15) is 0 Å². The van der Waals surface area contributed by atoms with Gasteiger partial charge in [0.2, 0.25) is 5.95 Å². The quantitative estimate of drug-likeness (QED) is 0.852. The van der Waals surface area contributed by atoms with Gasteiger partial charge in [-0.15, -0.1) is 0 Å². The first-order valence-electron chi connectivity index (χ1n) is 8.68. The standard InChI is InChI=1S/C17H26N4O/c1-13-10-18-17(19-11-13)21-7-3-15-16(21)2-6-20(15)12-14-4-8-22-9-5-14/h10-11,14-16H,2-9,12H2,1H3/t15-,16+/m0/s1. The highest BCUT2D eigenvalue weighted by Gasteiger charge is 2.43. The Labute approximate surface area is 132 Å². The summed E-state index contributed by atoms with van der Waals surface area (Å²) in [6.45, 7) is 7.54. The van der Waals surface area contributed by atoms with Crippen LogP contribution in [0.5, 0.6) is 0 Å². The first-order chi connectivity index (χ1) is 10.8. The number of aromatic nitrogens is 2. The second kappa shape index (κ2) is 6.13. The zero-order chi connectivity index (χ0) is 14.9. The van der Waals surface area contributed by atoms with Crippen LogP contribution in [0.2, 0.25) is 0 Å². The monoisotopic (exact) mass is 302 g/mol. The Morgan fingerprint density at radius 3 is 2.55 bits per heavy atom. The minimum atomic E-state index is 0.613. The highest BCUT2D eigenvalue weighted by Crippen LogP contribution is 2.34. The number of likely N-dealkylation sites (tertiary alicyclic amines) is 1. The molecule has 5 nitrogen and oxygen atoms in total. The van der Waals surface area contributed by atoms with Crippen LogP contribution < -0.4 is 4.90 Å². The molecule has 0 spiro atoms. The molecule has 4 heterocycles. The van der Waals surface area contributed by atoms with Crippen molar-refractivity contribution in [3.63, 3.8) is 0 Å². The molecule has 0 bridgehead atoms. The van der Waals surface area contributed by atoms with E-state index in [-0.39, 0.29) is 0 Å². The van der Waals surface area contributed by atoms with E-state index in [2.05, 4.69) is 19.8 Å². The van der Waals surface area contributed by atoms with E-state index in [0.717, 1.165) is 37.2 Å². The maximum absolute atomic E-state index is 5.49. The average Bonchev–Trinajstić information content (AvgIpc) is 3.13. The normalized spacial score (nSPS) is 30.0. The van der Waals surface area contributed by atoms with Gasteiger partial charge < -0.3 is 9.64 Å². The van der Waals surface area contributed by atoms with Crippen LogP contribution in [0.3, 0.4) is 0 Å². The summed E-state index contributed by atoms with van der Waals surface area (Å²) in [5.41, 5.74) is 1.13. The summed E-state index contributed by atoms with van der Waals surface area (Å²) in [5.74, 6) is 1.75. The molecule has 22 heavy (non-hydrogen) atoms. The molecule has 3 aliphatic rings. The summed E-state index contributed by atoms with van der Waals surface area (Å²) >= 11 is 0. The summed E-state index contributed by atoms with van der Waals surface area (Å²) in [6.07, 6.45) is 8.85. The summed E-state index contributed by atoms with van der Waals surface area (Å²) < 4.78 is 5.49. The molecule has 0 unspecified atom stereocenters. The van der Waals surface area contributed by atoms with Crippen LogP contribution in [0.1, 0.15) is 31.2 Å². The fourth-order valence-corrected chi connectivity index (χ4v) is 4.35. The van der Waals surface area contributed by atoms with Crippen LogP contribution >= 0.6 is 0 Å². The molecular weight excluding hydrogens is 276 g/mol. The Balaban J connectivity index is 1.41. The number of nitrogens with zero attached hydrogens (tertiary/aromatic N) is 4. The third-order valence-electron chi connectivity index (χ3n) is 5.55. The minimum absolute atomic E-state index is 0.613. The van der Waals surface area contributed by atoms with E-state index in [0.29, 0.717) is 12.1 Å². The molecule has 0 aliphatic carbocycles. The smallest absolute Gasteiger partial charge is 0.225 e. The van der Waals surface area contributed by atoms with Gasteiger partial charge in [0.25, 0.3) is 0 Å². The summed E-state index contributed by atoms with van der Waals surface area (Å²) in [6, 6.07) is 1.32. The number of aryl methyl sites for hydroxylation is 1. The fourth-order valence-electron chi connectivity index (χ4n) is 4.35. The van der Waals surface area contributed by atoms with Crippen molar-refractivity contribution in [2.45, 2.75) is 44.7 Å². The molecule has 4 rings (SSSR count). The number of rotatable bonds is 3. The molecule has 120 valence electrons. The molecule has 0 aromatic carbocycles. The number of ether oxygens (including phenoxy) is 1. The molecule has 1 aromatic rings. The third kappa shape index (κ3) is 2.72. The van der Waals surface area contributed by atoms with Gasteiger partial charge in [0.15, 0.2) is 0 Å². The topological polar surface area (TPSA) is 41.5 Å². The summed E-state index contributed by atoms with van der Waals surface area (Å²) in [4.78, 5) is 14.3. The van der Waals surface area contributed by atoms with Gasteiger partial charge in [0.1, 0.15) is 0 Å². The lowest BCUT2D eigenvalue weighted by atomic mass is 9.99. The number of hydrogen-bond acceptors (Lipinski definition) is 5. The first-order valence-corrected chi connectivity index (χ1v) is 8.68. The first kappa shape index (κ1) is 14.4. The predicted octanol–water partition coefficient (Wildman–Crippen LogP) is 1.86. The van der Waals surface area contributed by atoms with Crippen molar-refractivity contribution in [2.75, 3.05) is 37.7 Å². The highest BCUT2D eigenvalue weighted by molar-refractivity contribution is 5.36. The molecule has 1 aromatic heterocycles. The van der Waals surface area contributed by atoms with Gasteiger partial charge in [-0.2, -0.15) is 0 Å². The van der Waals surface area contributed by atoms with E-state index in [1.165, 1.54) is 38.8 Å². The van der Waals surface area contributed by atoms with Crippen LogP contribution in [0.4, 0.5) is 5.95 Å². The van der Waals surface area contributed by atoms with E-state index in [1.807, 2.05) is 19.3 Å². The Morgan fingerprint density at radius 2 is 1.77 bits per heavy atom. The molecule has 5 heteroatoms. The zero-order valence-corrected chi connectivity index (χ0v) is 13.4. The lowest BCUT2D eigenvalue weighted by Crippen LogP contribution is -2.40. The van der Waals surface area contributed by atoms with Crippen molar-refractivity contribution in [2.24, 2.45) is 5.92 Å². The Kier molecular flexibility index (Phi) is 4.01. The van der Waals surface area contributed by atoms with E-state index < -0.39 is 0 Å². The van der Waals surface area contributed by atoms with E-state index in [1.54, 1.807) is 0 Å². The number of fused-ring (bicyclic) bond motifs is 1. The van der Waals surface area contributed by atoms with Gasteiger partial charge >= 0.3 is 0 Å². The van der Waals surface area contributed by atoms with Gasteiger partial charge in [-0.1, -0.05) is 0 Å². The van der Waals surface area contributed by atoms with Gasteiger partial charge in [0.05, 0.1) is 0 Å². The second-order valence-corrected chi connectivity index (χ2v) is 7.02. The van der Waals surface area contributed by atoms with Crippen molar-refractivity contribution in [3.8, 4) is 0 Å². The number of anilines is 1. The van der Waals surface area contributed by atoms with Crippen LogP contribution in [-0.4, -0.2) is 59.8 Å². The summed E-state index contributed by atoms with van der Waals surface area (Å²) in [7, 11) is 0. The lowest BCUT2D eigenvalue weighted by molar-refractivity contribution is 0.0508. The molecule has 0 radical (unpaired) electrons. The van der Waals surface area contributed by atoms with E-state index >= 15 is 0 Å². The Bertz CT molecular complexity index is 500. The van der Waals surface area contributed by atoms with Gasteiger partial charge in [-0.25, -0.2) is 9.97 Å². The Morgan fingerprint density at radius 1 is 1.05 bits per heavy atom. The van der Waals surface area contributed by atoms with Crippen molar-refractivity contribution in [1.29, 1.82) is 0 Å². The zero-order valence-electron chi connectivity index (χ0n) is 13.4. The Hall–Kier alpha value is -1.20. The summed E-state index contributed by atoms with van der Waals surface area (Å²) in [5, 5.41) is 0. The average molecular weight is 302 g/mol. The molecule has 3 aliphatic heterocycles. The molecule has 0 amide bonds. The number of hydrogen-bond donors (Lipinski definition) is 0. The lowest BCUT2D eigenvalue weighted by Gasteiger charge is -2.30. The molecule has 0 saturated carbocycles. The van der Waals surface area contributed by atoms with Crippen LogP contribution in [0.15, 0.2) is 12.4 Å². The van der Waals surface area contributed by atoms with E-state index in [4.69, 9.17) is 4.74 Å². The van der Waals surface area contributed by atoms with Crippen molar-refractivity contribution in [3.05, 3.63) is 18.0 Å². The van der Waals surface area contributed by atoms with Crippen molar-refractivity contribution in [1.82, 2.24) is 14.9 Å². The van der Waals surface area contributed by atoms with Gasteiger partial charge in [0, 0.05) is 57.3 Å². The minimum Gasteiger partial charge on any atom is -0.381 e. The SMILES string of the molecule is Cc1cnc(N2CC[C@H]3[C@H]2CCN3CC2CCOCC2)nc1. The van der Waals surface area contributed by atoms with Gasteiger partial charge in [-0.05, 0) is 44.1 Å². The molecule has 2 atom stereocenters. The second-order valence-electron chi connectivity index (χ2n) is 7.02. The fraction of sp³-hybridized carbons (Fsp3) is 0.765. The molecule has 3 saturated heterocycles. The van der Waals surface area contributed by atoms with Gasteiger partial charge in [-0.3, -0.25) is 4.90 Å². The third-order valence-corrected chi connectivity index (χ3v) is 5.55. The highest BCUT2D eigenvalue weighted by atomic mass is 16.5. The molecule has 3 fully saturated rings. The van der Waals surface area contributed by atoms with Crippen molar-refractivity contribution >= 4 is 5.95 Å². The maximum Gasteiger partial charge on any atom is 0.225 e. The molecule has 0 N–H and O–H groups in total. The van der Waals surface area contributed by atoms with Crippen LogP contribution in [0, 0.1) is 12.8 Å². The van der Waals surface area contributed by atoms with Crippen LogP contribution in [0.25, 0.3) is 0 Å². The predicted molar refractivity (Wildman–Crippen MR) is 86.0 cm³/mol. The molecular formula is C17H26N4O.